The van der Waals surface area contributed by atoms with E-state index in [9.17, 15) is 9.18 Å². The highest BCUT2D eigenvalue weighted by Crippen LogP contribution is 2.17. The highest BCUT2D eigenvalue weighted by Gasteiger charge is 2.16. The fourth-order valence-electron chi connectivity index (χ4n) is 2.39. The summed E-state index contributed by atoms with van der Waals surface area (Å²) >= 11 is 0. The maximum atomic E-state index is 13.3. The van der Waals surface area contributed by atoms with E-state index in [-0.39, 0.29) is 11.5 Å². The molecule has 25 heavy (non-hydrogen) atoms. The average molecular weight is 343 g/mol. The van der Waals surface area contributed by atoms with Crippen LogP contribution in [0.15, 0.2) is 36.7 Å². The number of aryl methyl sites for hydroxylation is 1. The molecule has 0 spiro atoms. The summed E-state index contributed by atoms with van der Waals surface area (Å²) in [6, 6.07) is 6.24. The molecule has 130 valence electrons. The molecular formula is C16H18FN7O. The van der Waals surface area contributed by atoms with Crippen LogP contribution in [0.25, 0.3) is 0 Å². The number of aromatic nitrogens is 5. The Hall–Kier alpha value is -3.07. The molecule has 2 heterocycles. The molecule has 8 nitrogen and oxygen atoms in total. The zero-order valence-corrected chi connectivity index (χ0v) is 13.7. The first kappa shape index (κ1) is 16.8. The zero-order valence-electron chi connectivity index (χ0n) is 13.7. The summed E-state index contributed by atoms with van der Waals surface area (Å²) < 4.78 is 16.5. The number of rotatable bonds is 6. The maximum absolute atomic E-state index is 13.3. The van der Waals surface area contributed by atoms with Gasteiger partial charge in [0.15, 0.2) is 5.69 Å². The maximum Gasteiger partial charge on any atom is 0.278 e. The zero-order chi connectivity index (χ0) is 17.8. The van der Waals surface area contributed by atoms with Crippen molar-refractivity contribution in [3.8, 4) is 0 Å². The van der Waals surface area contributed by atoms with Crippen molar-refractivity contribution in [1.29, 1.82) is 0 Å². The van der Waals surface area contributed by atoms with Gasteiger partial charge in [-0.2, -0.15) is 5.10 Å². The van der Waals surface area contributed by atoms with Crippen molar-refractivity contribution in [2.24, 2.45) is 5.73 Å². The van der Waals surface area contributed by atoms with E-state index in [1.807, 2.05) is 6.92 Å². The molecule has 0 aliphatic heterocycles. The third kappa shape index (κ3) is 3.89. The predicted octanol–water partition coefficient (Wildman–Crippen LogP) is 1.18. The molecule has 3 N–H and O–H groups in total. The van der Waals surface area contributed by atoms with Gasteiger partial charge in [0.05, 0.1) is 25.5 Å². The number of nitrogens with zero attached hydrogens (tertiary/aromatic N) is 5. The van der Waals surface area contributed by atoms with Crippen LogP contribution < -0.4 is 11.1 Å². The number of nitrogens with one attached hydrogen (secondary N) is 1. The minimum Gasteiger partial charge on any atom is -0.329 e. The van der Waals surface area contributed by atoms with E-state index < -0.39 is 5.91 Å². The molecule has 3 aromatic rings. The van der Waals surface area contributed by atoms with Gasteiger partial charge in [0.2, 0.25) is 0 Å². The number of hydrogen-bond donors (Lipinski definition) is 2. The van der Waals surface area contributed by atoms with Crippen molar-refractivity contribution in [3.05, 3.63) is 59.3 Å². The Kier molecular flexibility index (Phi) is 4.85. The van der Waals surface area contributed by atoms with Gasteiger partial charge in [0.1, 0.15) is 11.6 Å². The van der Waals surface area contributed by atoms with E-state index in [1.165, 1.54) is 23.0 Å². The van der Waals surface area contributed by atoms with Crippen LogP contribution in [0.4, 0.5) is 10.2 Å². The van der Waals surface area contributed by atoms with E-state index in [2.05, 4.69) is 20.7 Å². The lowest BCUT2D eigenvalue weighted by atomic mass is 10.2. The summed E-state index contributed by atoms with van der Waals surface area (Å²) in [5.41, 5.74) is 7.17. The van der Waals surface area contributed by atoms with Crippen LogP contribution in [0.3, 0.4) is 0 Å². The number of benzene rings is 1. The van der Waals surface area contributed by atoms with E-state index >= 15 is 0 Å². The van der Waals surface area contributed by atoms with Crippen LogP contribution in [-0.2, 0) is 13.1 Å². The second-order valence-corrected chi connectivity index (χ2v) is 5.57. The highest BCUT2D eigenvalue weighted by atomic mass is 19.1. The Labute approximate surface area is 143 Å². The Bertz CT molecular complexity index is 886. The van der Waals surface area contributed by atoms with E-state index in [4.69, 9.17) is 5.73 Å². The quantitative estimate of drug-likeness (QED) is 0.699. The molecule has 2 aromatic heterocycles. The van der Waals surface area contributed by atoms with E-state index in [1.54, 1.807) is 23.0 Å². The van der Waals surface area contributed by atoms with Crippen LogP contribution in [0, 0.1) is 12.7 Å². The Morgan fingerprint density at radius 3 is 3.00 bits per heavy atom. The molecule has 0 unspecified atom stereocenters. The average Bonchev–Trinajstić information content (AvgIpc) is 3.17. The Morgan fingerprint density at radius 2 is 2.24 bits per heavy atom. The second kappa shape index (κ2) is 7.22. The Balaban J connectivity index is 1.78. The first-order valence-electron chi connectivity index (χ1n) is 7.75. The number of carbonyl (C=O) groups excluding carboxylic acids is 1. The molecule has 1 amide bonds. The van der Waals surface area contributed by atoms with Crippen LogP contribution in [0.5, 0.6) is 0 Å². The van der Waals surface area contributed by atoms with Crippen LogP contribution in [0.2, 0.25) is 0 Å². The van der Waals surface area contributed by atoms with Gasteiger partial charge < -0.3 is 11.1 Å². The summed E-state index contributed by atoms with van der Waals surface area (Å²) in [6.45, 7) is 3.05. The Morgan fingerprint density at radius 1 is 1.40 bits per heavy atom. The minimum absolute atomic E-state index is 0.186. The summed E-state index contributed by atoms with van der Waals surface area (Å²) in [4.78, 5) is 12.4. The smallest absolute Gasteiger partial charge is 0.278 e. The minimum atomic E-state index is -0.396. The van der Waals surface area contributed by atoms with Gasteiger partial charge in [-0.1, -0.05) is 17.3 Å². The molecule has 1 aromatic carbocycles. The summed E-state index contributed by atoms with van der Waals surface area (Å²) in [5, 5.41) is 14.7. The molecule has 0 radical (unpaired) electrons. The third-order valence-electron chi connectivity index (χ3n) is 3.61. The van der Waals surface area contributed by atoms with Gasteiger partial charge >= 0.3 is 0 Å². The predicted molar refractivity (Wildman–Crippen MR) is 89.5 cm³/mol. The standard InChI is InChI=1S/C16H18FN7O/c1-11-8-19-24(9-12-3-2-4-13(17)7-12)15(11)20-16(25)14-10-23(6-5-18)22-21-14/h2-4,7-8,10H,5-6,9,18H2,1H3,(H,20,25). The third-order valence-corrected chi connectivity index (χ3v) is 3.61. The molecule has 9 heteroatoms. The van der Waals surface area contributed by atoms with Crippen molar-refractivity contribution in [2.75, 3.05) is 11.9 Å². The van der Waals surface area contributed by atoms with Gasteiger partial charge in [-0.05, 0) is 24.6 Å². The van der Waals surface area contributed by atoms with E-state index in [0.29, 0.717) is 25.5 Å². The van der Waals surface area contributed by atoms with Gasteiger partial charge in [0, 0.05) is 12.1 Å². The van der Waals surface area contributed by atoms with Crippen molar-refractivity contribution in [1.82, 2.24) is 24.8 Å². The second-order valence-electron chi connectivity index (χ2n) is 5.57. The lowest BCUT2D eigenvalue weighted by molar-refractivity contribution is 0.102. The number of anilines is 1. The van der Waals surface area contributed by atoms with Gasteiger partial charge in [-0.25, -0.2) is 9.07 Å². The normalized spacial score (nSPS) is 10.8. The molecule has 0 atom stereocenters. The first-order valence-corrected chi connectivity index (χ1v) is 7.75. The fourth-order valence-corrected chi connectivity index (χ4v) is 2.39. The largest absolute Gasteiger partial charge is 0.329 e. The molecule has 0 aliphatic carbocycles. The SMILES string of the molecule is Cc1cnn(Cc2cccc(F)c2)c1NC(=O)c1cn(CCN)nn1. The van der Waals surface area contributed by atoms with Crippen molar-refractivity contribution < 1.29 is 9.18 Å². The van der Waals surface area contributed by atoms with Crippen LogP contribution in [-0.4, -0.2) is 37.2 Å². The molecule has 0 saturated heterocycles. The first-order chi connectivity index (χ1) is 12.1. The number of halogens is 1. The van der Waals surface area contributed by atoms with Gasteiger partial charge in [-0.3, -0.25) is 9.48 Å². The molecule has 0 saturated carbocycles. The number of hydrogen-bond acceptors (Lipinski definition) is 5. The molecular weight excluding hydrogens is 325 g/mol. The molecule has 0 fully saturated rings. The fraction of sp³-hybridized carbons (Fsp3) is 0.250. The van der Waals surface area contributed by atoms with Crippen molar-refractivity contribution >= 4 is 11.7 Å². The summed E-state index contributed by atoms with van der Waals surface area (Å²) in [7, 11) is 0. The molecule has 0 aliphatic rings. The van der Waals surface area contributed by atoms with E-state index in [0.717, 1.165) is 11.1 Å². The lowest BCUT2D eigenvalue weighted by Gasteiger charge is -2.09. The van der Waals surface area contributed by atoms with Crippen LogP contribution in [0.1, 0.15) is 21.6 Å². The summed E-state index contributed by atoms with van der Waals surface area (Å²) in [5.74, 6) is -0.182. The van der Waals surface area contributed by atoms with Crippen LogP contribution >= 0.6 is 0 Å². The molecule has 3 rings (SSSR count). The lowest BCUT2D eigenvalue weighted by Crippen LogP contribution is -2.17. The van der Waals surface area contributed by atoms with Gasteiger partial charge in [0.25, 0.3) is 5.91 Å². The van der Waals surface area contributed by atoms with Crippen molar-refractivity contribution in [3.63, 3.8) is 0 Å². The monoisotopic (exact) mass is 343 g/mol. The number of amides is 1. The van der Waals surface area contributed by atoms with Gasteiger partial charge in [-0.15, -0.1) is 5.10 Å². The topological polar surface area (TPSA) is 104 Å². The number of carbonyl (C=O) groups is 1. The van der Waals surface area contributed by atoms with Crippen molar-refractivity contribution in [2.45, 2.75) is 20.0 Å². The summed E-state index contributed by atoms with van der Waals surface area (Å²) in [6.07, 6.45) is 3.17. The highest BCUT2D eigenvalue weighted by molar-refractivity contribution is 6.02. The molecule has 0 bridgehead atoms. The number of nitrogens with two attached hydrogens (primary N) is 1.